The van der Waals surface area contributed by atoms with Crippen molar-refractivity contribution in [3.63, 3.8) is 0 Å². The van der Waals surface area contributed by atoms with E-state index in [9.17, 15) is 4.79 Å². The van der Waals surface area contributed by atoms with Crippen LogP contribution < -0.4 is 16.6 Å². The van der Waals surface area contributed by atoms with Crippen LogP contribution in [-0.4, -0.2) is 10.9 Å². The van der Waals surface area contributed by atoms with E-state index >= 15 is 0 Å². The summed E-state index contributed by atoms with van der Waals surface area (Å²) in [5, 5.41) is 3.40. The van der Waals surface area contributed by atoms with Crippen molar-refractivity contribution in [2.24, 2.45) is 5.84 Å². The highest BCUT2D eigenvalue weighted by Gasteiger charge is 2.11. The zero-order valence-corrected chi connectivity index (χ0v) is 13.1. The average Bonchev–Trinajstić information content (AvgIpc) is 2.42. The molecule has 1 aromatic carbocycles. The first kappa shape index (κ1) is 15.1. The monoisotopic (exact) mass is 374 g/mol. The second-order valence-electron chi connectivity index (χ2n) is 3.79. The van der Waals surface area contributed by atoms with Gasteiger partial charge in [0.2, 0.25) is 0 Å². The van der Waals surface area contributed by atoms with Crippen LogP contribution in [0.2, 0.25) is 10.2 Å². The van der Waals surface area contributed by atoms with Crippen LogP contribution in [-0.2, 0) is 0 Å². The molecule has 104 valence electrons. The molecule has 0 saturated carbocycles. The molecule has 0 unspecified atom stereocenters. The number of hydrazine groups is 1. The van der Waals surface area contributed by atoms with Gasteiger partial charge in [-0.25, -0.2) is 10.8 Å². The van der Waals surface area contributed by atoms with Gasteiger partial charge in [0.1, 0.15) is 11.0 Å². The Morgan fingerprint density at radius 3 is 2.70 bits per heavy atom. The number of aromatic nitrogens is 1. The third-order valence-corrected chi connectivity index (χ3v) is 3.50. The summed E-state index contributed by atoms with van der Waals surface area (Å²) in [6.07, 6.45) is 0. The predicted molar refractivity (Wildman–Crippen MR) is 84.2 cm³/mol. The molecule has 8 heteroatoms. The molecule has 0 saturated heterocycles. The van der Waals surface area contributed by atoms with E-state index < -0.39 is 0 Å². The van der Waals surface area contributed by atoms with Gasteiger partial charge in [-0.05, 0) is 46.3 Å². The van der Waals surface area contributed by atoms with Gasteiger partial charge < -0.3 is 10.7 Å². The molecule has 20 heavy (non-hydrogen) atoms. The lowest BCUT2D eigenvalue weighted by Gasteiger charge is -2.09. The van der Waals surface area contributed by atoms with Crippen LogP contribution in [0.25, 0.3) is 0 Å². The normalized spacial score (nSPS) is 10.2. The van der Waals surface area contributed by atoms with E-state index in [2.05, 4.69) is 31.7 Å². The Bertz CT molecular complexity index is 666. The lowest BCUT2D eigenvalue weighted by atomic mass is 10.2. The minimum absolute atomic E-state index is 0.163. The molecule has 1 amide bonds. The highest BCUT2D eigenvalue weighted by molar-refractivity contribution is 9.10. The van der Waals surface area contributed by atoms with Crippen LogP contribution in [0.1, 0.15) is 10.4 Å². The molecule has 4 N–H and O–H groups in total. The summed E-state index contributed by atoms with van der Waals surface area (Å²) in [5.74, 6) is 5.20. The van der Waals surface area contributed by atoms with Crippen molar-refractivity contribution in [3.05, 3.63) is 50.5 Å². The zero-order valence-electron chi connectivity index (χ0n) is 9.95. The molecule has 2 rings (SSSR count). The summed E-state index contributed by atoms with van der Waals surface area (Å²) in [7, 11) is 0. The summed E-state index contributed by atoms with van der Waals surface area (Å²) >= 11 is 15.0. The number of halogens is 3. The Balaban J connectivity index is 2.28. The molecule has 0 atom stereocenters. The molecular formula is C12H9BrCl2N4O. The van der Waals surface area contributed by atoms with Crippen LogP contribution >= 0.6 is 39.1 Å². The van der Waals surface area contributed by atoms with Gasteiger partial charge in [-0.1, -0.05) is 23.2 Å². The number of pyridine rings is 1. The van der Waals surface area contributed by atoms with Crippen molar-refractivity contribution in [3.8, 4) is 0 Å². The second kappa shape index (κ2) is 6.41. The highest BCUT2D eigenvalue weighted by atomic mass is 79.9. The van der Waals surface area contributed by atoms with Gasteiger partial charge in [0.05, 0.1) is 5.69 Å². The fourth-order valence-electron chi connectivity index (χ4n) is 1.49. The lowest BCUT2D eigenvalue weighted by molar-refractivity contribution is 0.102. The Kier molecular flexibility index (Phi) is 4.82. The number of nitrogens with one attached hydrogen (secondary N) is 2. The van der Waals surface area contributed by atoms with Crippen molar-refractivity contribution in [2.45, 2.75) is 0 Å². The fourth-order valence-corrected chi connectivity index (χ4v) is 2.22. The number of nitrogens with two attached hydrogens (primary N) is 1. The Morgan fingerprint density at radius 2 is 2.00 bits per heavy atom. The third-order valence-electron chi connectivity index (χ3n) is 2.38. The highest BCUT2D eigenvalue weighted by Crippen LogP contribution is 2.26. The van der Waals surface area contributed by atoms with Gasteiger partial charge in [0.15, 0.2) is 0 Å². The topological polar surface area (TPSA) is 80.0 Å². The molecule has 1 heterocycles. The molecule has 0 aliphatic heterocycles. The van der Waals surface area contributed by atoms with Crippen LogP contribution in [0, 0.1) is 0 Å². The maximum Gasteiger partial charge on any atom is 0.255 e. The molecule has 0 radical (unpaired) electrons. The van der Waals surface area contributed by atoms with E-state index in [0.29, 0.717) is 26.6 Å². The number of rotatable bonds is 3. The number of benzene rings is 1. The number of carbonyl (C=O) groups is 1. The quantitative estimate of drug-likeness (QED) is 0.434. The number of nitrogens with zero attached hydrogens (tertiary/aromatic N) is 1. The van der Waals surface area contributed by atoms with Gasteiger partial charge in [0, 0.05) is 15.1 Å². The van der Waals surface area contributed by atoms with Crippen molar-refractivity contribution in [1.29, 1.82) is 0 Å². The molecule has 1 aromatic heterocycles. The average molecular weight is 376 g/mol. The molecular weight excluding hydrogens is 367 g/mol. The van der Waals surface area contributed by atoms with Crippen molar-refractivity contribution in [2.75, 3.05) is 10.7 Å². The summed E-state index contributed by atoms with van der Waals surface area (Å²) in [5.41, 5.74) is 3.22. The summed E-state index contributed by atoms with van der Waals surface area (Å²) in [4.78, 5) is 16.1. The largest absolute Gasteiger partial charge is 0.321 e. The Hall–Kier alpha value is -1.34. The SMILES string of the molecule is NNc1cc(C(=O)Nc2cc(Cl)ccc2Br)cc(Cl)n1. The van der Waals surface area contributed by atoms with Gasteiger partial charge in [-0.3, -0.25) is 4.79 Å². The molecule has 0 aliphatic carbocycles. The van der Waals surface area contributed by atoms with Gasteiger partial charge in [-0.15, -0.1) is 0 Å². The van der Waals surface area contributed by atoms with Crippen molar-refractivity contribution < 1.29 is 4.79 Å². The summed E-state index contributed by atoms with van der Waals surface area (Å²) in [6.45, 7) is 0. The zero-order chi connectivity index (χ0) is 14.7. The third kappa shape index (κ3) is 3.61. The van der Waals surface area contributed by atoms with E-state index in [-0.39, 0.29) is 11.1 Å². The Labute approximate surface area is 133 Å². The molecule has 0 fully saturated rings. The van der Waals surface area contributed by atoms with Crippen molar-refractivity contribution in [1.82, 2.24) is 4.98 Å². The number of hydrogen-bond donors (Lipinski definition) is 3. The van der Waals surface area contributed by atoms with E-state index in [1.807, 2.05) is 0 Å². The first-order valence-corrected chi connectivity index (χ1v) is 6.95. The number of carbonyl (C=O) groups excluding carboxylic acids is 1. The van der Waals surface area contributed by atoms with Crippen molar-refractivity contribution >= 4 is 56.5 Å². The van der Waals surface area contributed by atoms with E-state index in [1.165, 1.54) is 12.1 Å². The van der Waals surface area contributed by atoms with Gasteiger partial charge >= 0.3 is 0 Å². The van der Waals surface area contributed by atoms with Crippen LogP contribution in [0.5, 0.6) is 0 Å². The standard InChI is InChI=1S/C12H9BrCl2N4O/c13-8-2-1-7(14)5-9(8)17-12(20)6-3-10(15)18-11(4-6)19-16/h1-5H,16H2,(H,17,20)(H,18,19). The molecule has 5 nitrogen and oxygen atoms in total. The van der Waals surface area contributed by atoms with E-state index in [4.69, 9.17) is 29.0 Å². The minimum Gasteiger partial charge on any atom is -0.321 e. The van der Waals surface area contributed by atoms with Crippen LogP contribution in [0.3, 0.4) is 0 Å². The first-order valence-electron chi connectivity index (χ1n) is 5.40. The van der Waals surface area contributed by atoms with Gasteiger partial charge in [-0.2, -0.15) is 0 Å². The predicted octanol–water partition coefficient (Wildman–Crippen LogP) is 3.69. The van der Waals surface area contributed by atoms with Crippen LogP contribution in [0.4, 0.5) is 11.5 Å². The summed E-state index contributed by atoms with van der Waals surface area (Å²) in [6, 6.07) is 8.01. The molecule has 0 bridgehead atoms. The lowest BCUT2D eigenvalue weighted by Crippen LogP contribution is -2.15. The molecule has 0 spiro atoms. The number of amides is 1. The van der Waals surface area contributed by atoms with E-state index in [0.717, 1.165) is 0 Å². The van der Waals surface area contributed by atoms with E-state index in [1.54, 1.807) is 18.2 Å². The second-order valence-corrected chi connectivity index (χ2v) is 5.46. The maximum atomic E-state index is 12.2. The smallest absolute Gasteiger partial charge is 0.255 e. The first-order chi connectivity index (χ1) is 9.49. The van der Waals surface area contributed by atoms with Gasteiger partial charge in [0.25, 0.3) is 5.91 Å². The fraction of sp³-hybridized carbons (Fsp3) is 0. The van der Waals surface area contributed by atoms with Crippen LogP contribution in [0.15, 0.2) is 34.8 Å². The molecule has 0 aliphatic rings. The minimum atomic E-state index is -0.353. The molecule has 2 aromatic rings. The number of anilines is 2. The number of nitrogen functional groups attached to an aromatic ring is 1. The number of hydrogen-bond acceptors (Lipinski definition) is 4. The Morgan fingerprint density at radius 1 is 1.25 bits per heavy atom. The maximum absolute atomic E-state index is 12.2. The summed E-state index contributed by atoms with van der Waals surface area (Å²) < 4.78 is 0.715.